The molecule has 5 rings (SSSR count). The molecule has 3 aromatic heterocycles. The molecule has 0 saturated heterocycles. The molecule has 10 heteroatoms. The van der Waals surface area contributed by atoms with Crippen LogP contribution in [0.25, 0.3) is 16.8 Å². The van der Waals surface area contributed by atoms with Crippen molar-refractivity contribution in [1.29, 1.82) is 0 Å². The van der Waals surface area contributed by atoms with Crippen LogP contribution in [0, 0.1) is 13.8 Å². The fraction of sp³-hybridized carbons (Fsp3) is 0.192. The number of nitrogens with zero attached hydrogens (tertiary/aromatic N) is 6. The van der Waals surface area contributed by atoms with Gasteiger partial charge in [-0.05, 0) is 56.7 Å². The van der Waals surface area contributed by atoms with Gasteiger partial charge in [-0.3, -0.25) is 0 Å². The maximum atomic E-state index is 5.99. The van der Waals surface area contributed by atoms with E-state index in [0.29, 0.717) is 24.1 Å². The first-order valence-electron chi connectivity index (χ1n) is 11.6. The number of anilines is 3. The zero-order valence-corrected chi connectivity index (χ0v) is 21.1. The first-order valence-corrected chi connectivity index (χ1v) is 12.5. The Morgan fingerprint density at radius 1 is 0.972 bits per heavy atom. The molecule has 0 saturated carbocycles. The van der Waals surface area contributed by atoms with E-state index in [2.05, 4.69) is 32.4 Å². The lowest BCUT2D eigenvalue weighted by Crippen LogP contribution is -2.07. The largest absolute Gasteiger partial charge is 0.494 e. The number of hydrogen-bond acceptors (Lipinski definition) is 9. The number of benzene rings is 2. The number of fused-ring (bicyclic) bond motifs is 1. The van der Waals surface area contributed by atoms with Gasteiger partial charge in [0.25, 0.3) is 0 Å². The summed E-state index contributed by atoms with van der Waals surface area (Å²) in [6.45, 7) is 6.56. The number of thioether (sulfide) groups is 1. The van der Waals surface area contributed by atoms with Crippen molar-refractivity contribution in [3.8, 4) is 16.9 Å². The molecule has 0 amide bonds. The molecule has 0 spiro atoms. The van der Waals surface area contributed by atoms with Gasteiger partial charge in [-0.2, -0.15) is 20.1 Å². The van der Waals surface area contributed by atoms with Crippen LogP contribution in [0.1, 0.15) is 24.1 Å². The Morgan fingerprint density at radius 2 is 1.75 bits per heavy atom. The fourth-order valence-electron chi connectivity index (χ4n) is 3.88. The molecule has 36 heavy (non-hydrogen) atoms. The van der Waals surface area contributed by atoms with E-state index in [4.69, 9.17) is 20.6 Å². The maximum absolute atomic E-state index is 5.99. The molecule has 2 aromatic carbocycles. The number of aryl methyl sites for hydroxylation is 2. The van der Waals surface area contributed by atoms with Crippen LogP contribution in [0.4, 0.5) is 17.6 Å². The monoisotopic (exact) mass is 498 g/mol. The van der Waals surface area contributed by atoms with Crippen LogP contribution < -0.4 is 15.8 Å². The second kappa shape index (κ2) is 10.2. The summed E-state index contributed by atoms with van der Waals surface area (Å²) in [4.78, 5) is 17.9. The van der Waals surface area contributed by atoms with E-state index in [1.807, 2.05) is 73.8 Å². The molecule has 0 aliphatic rings. The smallest absolute Gasteiger partial charge is 0.232 e. The van der Waals surface area contributed by atoms with Crippen LogP contribution in [0.3, 0.4) is 0 Å². The molecule has 0 radical (unpaired) electrons. The lowest BCUT2D eigenvalue weighted by molar-refractivity contribution is 0.340. The first-order chi connectivity index (χ1) is 17.5. The lowest BCUT2D eigenvalue weighted by atomic mass is 10.1. The number of aromatic nitrogens is 6. The topological polar surface area (TPSA) is 116 Å². The highest BCUT2D eigenvalue weighted by Gasteiger charge is 2.17. The van der Waals surface area contributed by atoms with Crippen molar-refractivity contribution in [3.63, 3.8) is 0 Å². The average Bonchev–Trinajstić information content (AvgIpc) is 3.19. The second-order valence-corrected chi connectivity index (χ2v) is 9.10. The Balaban J connectivity index is 1.39. The summed E-state index contributed by atoms with van der Waals surface area (Å²) >= 11 is 1.57. The van der Waals surface area contributed by atoms with Crippen LogP contribution in [-0.4, -0.2) is 36.2 Å². The van der Waals surface area contributed by atoms with Crippen LogP contribution >= 0.6 is 11.8 Å². The van der Waals surface area contributed by atoms with E-state index in [-0.39, 0.29) is 5.95 Å². The first kappa shape index (κ1) is 23.6. The Bertz CT molecular complexity index is 1500. The van der Waals surface area contributed by atoms with Gasteiger partial charge >= 0.3 is 0 Å². The van der Waals surface area contributed by atoms with Crippen LogP contribution in [-0.2, 0) is 5.75 Å². The number of nitrogen functional groups attached to an aromatic ring is 1. The number of ether oxygens (including phenoxy) is 1. The summed E-state index contributed by atoms with van der Waals surface area (Å²) in [5.41, 5.74) is 11.6. The van der Waals surface area contributed by atoms with Crippen molar-refractivity contribution in [2.45, 2.75) is 31.6 Å². The zero-order chi connectivity index (χ0) is 25.1. The molecule has 0 aliphatic carbocycles. The summed E-state index contributed by atoms with van der Waals surface area (Å²) in [5, 5.41) is 8.92. The normalized spacial score (nSPS) is 11.1. The molecular formula is C26H26N8OS. The molecular weight excluding hydrogens is 472 g/mol. The van der Waals surface area contributed by atoms with Crippen molar-refractivity contribution in [1.82, 2.24) is 29.5 Å². The molecule has 9 nitrogen and oxygen atoms in total. The Morgan fingerprint density at radius 3 is 2.50 bits per heavy atom. The molecule has 0 fully saturated rings. The SMILES string of the molecule is CCOc1ccc(Nc2nc(N)nc(CSc3cc(C)nc4c(-c5ccccc5)c(C)nn34)n2)cc1. The fourth-order valence-corrected chi connectivity index (χ4v) is 4.79. The van der Waals surface area contributed by atoms with E-state index in [1.54, 1.807) is 11.8 Å². The van der Waals surface area contributed by atoms with Gasteiger partial charge in [-0.15, -0.1) is 0 Å². The predicted molar refractivity (Wildman–Crippen MR) is 143 cm³/mol. The predicted octanol–water partition coefficient (Wildman–Crippen LogP) is 5.21. The van der Waals surface area contributed by atoms with E-state index < -0.39 is 0 Å². The number of nitrogens with one attached hydrogen (secondary N) is 1. The summed E-state index contributed by atoms with van der Waals surface area (Å²) < 4.78 is 7.38. The van der Waals surface area contributed by atoms with Crippen LogP contribution in [0.15, 0.2) is 65.7 Å². The van der Waals surface area contributed by atoms with Crippen LogP contribution in [0.2, 0.25) is 0 Å². The minimum Gasteiger partial charge on any atom is -0.494 e. The van der Waals surface area contributed by atoms with E-state index in [9.17, 15) is 0 Å². The third-order valence-corrected chi connectivity index (χ3v) is 6.38. The minimum atomic E-state index is 0.159. The highest BCUT2D eigenvalue weighted by atomic mass is 32.2. The molecule has 0 aliphatic heterocycles. The lowest BCUT2D eigenvalue weighted by Gasteiger charge is -2.09. The highest BCUT2D eigenvalue weighted by Crippen LogP contribution is 2.31. The molecule has 0 unspecified atom stereocenters. The summed E-state index contributed by atoms with van der Waals surface area (Å²) in [5.74, 6) is 2.41. The van der Waals surface area contributed by atoms with Crippen molar-refractivity contribution in [3.05, 3.63) is 77.9 Å². The van der Waals surface area contributed by atoms with Gasteiger partial charge in [-0.25, -0.2) is 9.50 Å². The van der Waals surface area contributed by atoms with Crippen molar-refractivity contribution in [2.75, 3.05) is 17.7 Å². The summed E-state index contributed by atoms with van der Waals surface area (Å²) in [6, 6.07) is 19.8. The van der Waals surface area contributed by atoms with E-state index in [0.717, 1.165) is 44.6 Å². The Hall–Kier alpha value is -4.18. The molecule has 0 bridgehead atoms. The van der Waals surface area contributed by atoms with Crippen molar-refractivity contribution in [2.24, 2.45) is 0 Å². The third kappa shape index (κ3) is 5.08. The average molecular weight is 499 g/mol. The van der Waals surface area contributed by atoms with Gasteiger partial charge in [0.1, 0.15) is 16.6 Å². The highest BCUT2D eigenvalue weighted by molar-refractivity contribution is 7.98. The molecule has 0 atom stereocenters. The Kier molecular flexibility index (Phi) is 6.68. The summed E-state index contributed by atoms with van der Waals surface area (Å²) in [7, 11) is 0. The van der Waals surface area contributed by atoms with Gasteiger partial charge < -0.3 is 15.8 Å². The minimum absolute atomic E-state index is 0.159. The molecule has 5 aromatic rings. The van der Waals surface area contributed by atoms with Crippen molar-refractivity contribution < 1.29 is 4.74 Å². The summed E-state index contributed by atoms with van der Waals surface area (Å²) in [6.07, 6.45) is 0. The number of nitrogens with two attached hydrogens (primary N) is 1. The quantitative estimate of drug-likeness (QED) is 0.219. The third-order valence-electron chi connectivity index (χ3n) is 5.39. The number of rotatable bonds is 8. The maximum Gasteiger partial charge on any atom is 0.232 e. The van der Waals surface area contributed by atoms with Crippen molar-refractivity contribution >= 4 is 35.0 Å². The van der Waals surface area contributed by atoms with Gasteiger partial charge in [0, 0.05) is 16.9 Å². The van der Waals surface area contributed by atoms with Gasteiger partial charge in [-0.1, -0.05) is 42.1 Å². The van der Waals surface area contributed by atoms with E-state index >= 15 is 0 Å². The van der Waals surface area contributed by atoms with Crippen LogP contribution in [0.5, 0.6) is 5.75 Å². The van der Waals surface area contributed by atoms with Gasteiger partial charge in [0.05, 0.1) is 18.1 Å². The standard InChI is InChI=1S/C26H26N8OS/c1-4-35-20-12-10-19(11-13-20)29-26-31-21(30-25(27)32-26)15-36-22-14-16(2)28-24-23(17(3)33-34(22)24)18-8-6-5-7-9-18/h5-14H,4,15H2,1-3H3,(H3,27,29,30,31,32). The molecule has 3 heterocycles. The Labute approximate surface area is 213 Å². The van der Waals surface area contributed by atoms with E-state index in [1.165, 1.54) is 0 Å². The molecule has 3 N–H and O–H groups in total. The van der Waals surface area contributed by atoms with Gasteiger partial charge in [0.2, 0.25) is 11.9 Å². The number of hydrogen-bond donors (Lipinski definition) is 2. The second-order valence-electron chi connectivity index (χ2n) is 8.10. The van der Waals surface area contributed by atoms with Gasteiger partial charge in [0.15, 0.2) is 5.65 Å². The molecule has 182 valence electrons. The zero-order valence-electron chi connectivity index (χ0n) is 20.3.